The molecular weight excluding hydrogens is 968 g/mol. The maximum absolute atomic E-state index is 13.7. The Morgan fingerprint density at radius 2 is 1.83 bits per heavy atom. The van der Waals surface area contributed by atoms with Crippen molar-refractivity contribution in [3.05, 3.63) is 52.6 Å². The number of carbonyl (C=O) groups excluding carboxylic acids is 7. The van der Waals surface area contributed by atoms with Gasteiger partial charge in [0.25, 0.3) is 0 Å². The van der Waals surface area contributed by atoms with Gasteiger partial charge in [0.1, 0.15) is 41.5 Å². The molecule has 5 rings (SSSR count). The van der Waals surface area contributed by atoms with Crippen LogP contribution >= 0.6 is 23.4 Å². The highest BCUT2D eigenvalue weighted by Crippen LogP contribution is 2.49. The Bertz CT molecular complexity index is 2220. The standard InChI is InChI=1S/C53H77ClN4O13S/c1-11-12-23-51(5,6)46(63)36-19-16-34(17-20-36)30-58-45(62)27-40(48(58)64)72-24-22-44(61)57(9)33(4)49(65)70-42(28-43(60)55-8)52(7)47(71-52)32(3)39-29-53(67,56-50(66)69-39)41(68-10)15-13-14-31(2)25-35-18-21-37(54)38(59)26-35/h13-15,18,21,26,32-34,36,39-42,47,59,67H,11-12,16-17,19-20,22-25,27-30H2,1-10H3,(H,55,60)(H,56,66)/b15-13+,31-14+/t32-,33+,34?,36?,39+,40?,41-,42+,47?,52+,53+/m1/s1. The van der Waals surface area contributed by atoms with Crippen LogP contribution in [0.3, 0.4) is 0 Å². The minimum absolute atomic E-state index is 0.0117. The summed E-state index contributed by atoms with van der Waals surface area (Å²) in [4.78, 5) is 95.3. The van der Waals surface area contributed by atoms with Crippen LogP contribution < -0.4 is 10.6 Å². The molecule has 0 aromatic heterocycles. The fourth-order valence-corrected chi connectivity index (χ4v) is 11.4. The van der Waals surface area contributed by atoms with E-state index in [-0.39, 0.29) is 77.2 Å². The summed E-state index contributed by atoms with van der Waals surface area (Å²) in [5, 5.41) is 26.5. The quantitative estimate of drug-likeness (QED) is 0.0341. The molecule has 19 heteroatoms. The van der Waals surface area contributed by atoms with E-state index in [2.05, 4.69) is 17.6 Å². The molecule has 5 amide bonds. The van der Waals surface area contributed by atoms with Crippen molar-refractivity contribution in [1.82, 2.24) is 20.4 Å². The first-order valence-electron chi connectivity index (χ1n) is 25.3. The molecule has 1 saturated carbocycles. The molecule has 4 aliphatic rings. The average Bonchev–Trinajstić information content (AvgIpc) is 3.97. The summed E-state index contributed by atoms with van der Waals surface area (Å²) in [5.41, 5.74) is -1.69. The van der Waals surface area contributed by atoms with Gasteiger partial charge in [0.05, 0.1) is 22.8 Å². The van der Waals surface area contributed by atoms with Crippen molar-refractivity contribution in [1.29, 1.82) is 0 Å². The summed E-state index contributed by atoms with van der Waals surface area (Å²) in [5.74, 6) is -1.98. The number of allylic oxidation sites excluding steroid dienone is 3. The van der Waals surface area contributed by atoms with E-state index in [4.69, 9.17) is 30.5 Å². The number of hydrogen-bond donors (Lipinski definition) is 4. The topological polar surface area (TPSA) is 231 Å². The number of ether oxygens (including phenoxy) is 4. The number of phenols is 1. The van der Waals surface area contributed by atoms with Crippen molar-refractivity contribution < 1.29 is 62.7 Å². The molecular formula is C53H77ClN4O13S. The fraction of sp³-hybridized carbons (Fsp3) is 0.679. The second-order valence-corrected chi connectivity index (χ2v) is 22.7. The first-order chi connectivity index (χ1) is 33.9. The van der Waals surface area contributed by atoms with Gasteiger partial charge in [0.15, 0.2) is 5.72 Å². The molecule has 1 aliphatic carbocycles. The fourth-order valence-electron chi connectivity index (χ4n) is 10.2. The highest BCUT2D eigenvalue weighted by molar-refractivity contribution is 8.00. The van der Waals surface area contributed by atoms with E-state index < -0.39 is 70.9 Å². The van der Waals surface area contributed by atoms with Crippen molar-refractivity contribution in [2.75, 3.05) is 33.5 Å². The van der Waals surface area contributed by atoms with E-state index in [1.807, 2.05) is 32.9 Å². The van der Waals surface area contributed by atoms with Gasteiger partial charge in [0.2, 0.25) is 23.6 Å². The highest BCUT2D eigenvalue weighted by Gasteiger charge is 2.64. The number of likely N-dealkylation sites (tertiary alicyclic amines) is 1. The number of nitrogens with zero attached hydrogens (tertiary/aromatic N) is 2. The second kappa shape index (κ2) is 25.2. The predicted molar refractivity (Wildman–Crippen MR) is 273 cm³/mol. The number of likely N-dealkylation sites (N-methyl/N-ethyl adjacent to an activating group) is 1. The Balaban J connectivity index is 1.11. The minimum atomic E-state index is -1.90. The Labute approximate surface area is 433 Å². The number of cyclic esters (lactones) is 1. The number of epoxide rings is 1. The van der Waals surface area contributed by atoms with Crippen LogP contribution in [0.2, 0.25) is 5.02 Å². The lowest BCUT2D eigenvalue weighted by Crippen LogP contribution is -2.63. The molecule has 1 aromatic carbocycles. The van der Waals surface area contributed by atoms with Crippen LogP contribution in [0.4, 0.5) is 4.79 Å². The number of halogens is 1. The van der Waals surface area contributed by atoms with Crippen molar-refractivity contribution in [2.24, 2.45) is 23.2 Å². The maximum Gasteiger partial charge on any atom is 0.409 e. The molecule has 9 atom stereocenters. The summed E-state index contributed by atoms with van der Waals surface area (Å²) >= 11 is 7.18. The van der Waals surface area contributed by atoms with Crippen LogP contribution in [0, 0.1) is 23.2 Å². The molecule has 1 aromatic rings. The van der Waals surface area contributed by atoms with Gasteiger partial charge in [-0.1, -0.05) is 82.0 Å². The minimum Gasteiger partial charge on any atom is -0.506 e. The van der Waals surface area contributed by atoms with Gasteiger partial charge in [-0.2, -0.15) is 0 Å². The number of rotatable bonds is 25. The van der Waals surface area contributed by atoms with Crippen LogP contribution in [0.15, 0.2) is 42.0 Å². The number of benzene rings is 1. The van der Waals surface area contributed by atoms with Crippen molar-refractivity contribution in [3.63, 3.8) is 0 Å². The van der Waals surface area contributed by atoms with Crippen LogP contribution in [-0.4, -0.2) is 142 Å². The Hall–Kier alpha value is -4.49. The van der Waals surface area contributed by atoms with E-state index in [1.54, 1.807) is 38.1 Å². The number of aliphatic hydroxyl groups is 1. The summed E-state index contributed by atoms with van der Waals surface area (Å²) in [7, 11) is 4.31. The summed E-state index contributed by atoms with van der Waals surface area (Å²) in [6, 6.07) is 3.94. The molecule has 3 aliphatic heterocycles. The second-order valence-electron chi connectivity index (χ2n) is 21.0. The number of thioether (sulfide) groups is 1. The molecule has 4 N–H and O–H groups in total. The molecule has 4 fully saturated rings. The van der Waals surface area contributed by atoms with Gasteiger partial charge in [-0.3, -0.25) is 34.2 Å². The number of aromatic hydroxyl groups is 1. The number of nitrogens with one attached hydrogen (secondary N) is 2. The first-order valence-corrected chi connectivity index (χ1v) is 26.7. The number of esters is 1. The lowest BCUT2D eigenvalue weighted by molar-refractivity contribution is -0.162. The van der Waals surface area contributed by atoms with Crippen molar-refractivity contribution in [3.8, 4) is 5.75 Å². The molecule has 17 nitrogen and oxygen atoms in total. The maximum atomic E-state index is 13.7. The smallest absolute Gasteiger partial charge is 0.409 e. The summed E-state index contributed by atoms with van der Waals surface area (Å²) in [6.45, 7) is 13.4. The zero-order valence-corrected chi connectivity index (χ0v) is 45.2. The number of Topliss-reactive ketones (excluding diaryl/α,β-unsaturated/α-hetero) is 1. The van der Waals surface area contributed by atoms with E-state index in [0.29, 0.717) is 18.7 Å². The summed E-state index contributed by atoms with van der Waals surface area (Å²) < 4.78 is 23.4. The SMILES string of the molecule is CCCCC(C)(C)C(=O)C1CCC(CN2C(=O)CC(SCCC(=O)N(C)[C@@H](C)C(=O)O[C@@H](CC(=O)NC)[C@]3(C)OC3[C@H](C)[C@@H]3C[C@](O)([C@@H](/C=C/C=C(\C)Cc4ccc(Cl)c(O)c4)OC)NC(=O)O3)C2=O)CC1. The first kappa shape index (κ1) is 58.4. The van der Waals surface area contributed by atoms with E-state index in [9.17, 15) is 43.8 Å². The van der Waals surface area contributed by atoms with E-state index >= 15 is 0 Å². The number of imide groups is 1. The van der Waals surface area contributed by atoms with E-state index in [0.717, 1.165) is 56.1 Å². The van der Waals surface area contributed by atoms with Crippen LogP contribution in [0.1, 0.15) is 125 Å². The molecule has 400 valence electrons. The number of amides is 5. The zero-order valence-electron chi connectivity index (χ0n) is 43.6. The normalized spacial score (nSPS) is 27.4. The van der Waals surface area contributed by atoms with Gasteiger partial charge in [0, 0.05) is 70.0 Å². The molecule has 0 bridgehead atoms. The number of phenolic OH excluding ortho intramolecular Hbond substituents is 1. The molecule has 72 heavy (non-hydrogen) atoms. The van der Waals surface area contributed by atoms with Crippen LogP contribution in [0.5, 0.6) is 5.75 Å². The highest BCUT2D eigenvalue weighted by atomic mass is 35.5. The van der Waals surface area contributed by atoms with Crippen LogP contribution in [-0.2, 0) is 54.1 Å². The third-order valence-corrected chi connectivity index (χ3v) is 16.6. The van der Waals surface area contributed by atoms with Gasteiger partial charge in [-0.25, -0.2) is 9.59 Å². The Kier molecular flexibility index (Phi) is 20.4. The Morgan fingerprint density at radius 3 is 2.47 bits per heavy atom. The average molecular weight is 1050 g/mol. The van der Waals surface area contributed by atoms with Gasteiger partial charge >= 0.3 is 12.1 Å². The monoisotopic (exact) mass is 1040 g/mol. The number of unbranched alkanes of at least 4 members (excludes halogenated alkanes) is 1. The third kappa shape index (κ3) is 14.6. The Morgan fingerprint density at radius 1 is 1.14 bits per heavy atom. The van der Waals surface area contributed by atoms with Gasteiger partial charge < -0.3 is 39.4 Å². The molecule has 0 radical (unpaired) electrons. The number of hydrogen-bond acceptors (Lipinski definition) is 14. The van der Waals surface area contributed by atoms with E-state index in [1.165, 1.54) is 49.7 Å². The predicted octanol–water partition coefficient (Wildman–Crippen LogP) is 6.82. The number of methoxy groups -OCH3 is 1. The summed E-state index contributed by atoms with van der Waals surface area (Å²) in [6.07, 6.45) is 6.72. The number of alkyl carbamates (subject to hydrolysis) is 1. The molecule has 2 unspecified atom stereocenters. The van der Waals surface area contributed by atoms with Crippen LogP contribution in [0.25, 0.3) is 0 Å². The lowest BCUT2D eigenvalue weighted by atomic mass is 9.71. The van der Waals surface area contributed by atoms with Gasteiger partial charge in [-0.15, -0.1) is 11.8 Å². The van der Waals surface area contributed by atoms with Gasteiger partial charge in [-0.05, 0) is 82.9 Å². The molecule has 3 heterocycles. The third-order valence-electron chi connectivity index (χ3n) is 15.1. The molecule has 3 saturated heterocycles. The number of ketones is 1. The largest absolute Gasteiger partial charge is 0.506 e. The number of carbonyl (C=O) groups is 7. The van der Waals surface area contributed by atoms with Crippen molar-refractivity contribution >= 4 is 64.8 Å². The zero-order chi connectivity index (χ0) is 53.3. The van der Waals surface area contributed by atoms with Crippen molar-refractivity contribution in [2.45, 2.75) is 173 Å². The molecule has 0 spiro atoms. The lowest BCUT2D eigenvalue weighted by Gasteiger charge is -2.42.